The van der Waals surface area contributed by atoms with Crippen molar-refractivity contribution in [2.75, 3.05) is 6.54 Å². The molecule has 0 aromatic carbocycles. The van der Waals surface area contributed by atoms with Gasteiger partial charge in [0.1, 0.15) is 5.69 Å². The first-order valence-electron chi connectivity index (χ1n) is 5.22. The van der Waals surface area contributed by atoms with Crippen LogP contribution in [0.15, 0.2) is 22.8 Å². The van der Waals surface area contributed by atoms with Crippen molar-refractivity contribution >= 4 is 21.8 Å². The summed E-state index contributed by atoms with van der Waals surface area (Å²) in [5.41, 5.74) is 0.339. The third-order valence-electron chi connectivity index (χ3n) is 2.09. The molecule has 16 heavy (non-hydrogen) atoms. The van der Waals surface area contributed by atoms with Crippen LogP contribution in [-0.4, -0.2) is 28.6 Å². The lowest BCUT2D eigenvalue weighted by molar-refractivity contribution is 0.0904. The molecular formula is C11H15BrN2O2. The van der Waals surface area contributed by atoms with Crippen LogP contribution in [0.3, 0.4) is 0 Å². The Labute approximate surface area is 103 Å². The Morgan fingerprint density at radius 3 is 3.06 bits per heavy atom. The Balaban J connectivity index is 2.50. The fraction of sp³-hybridized carbons (Fsp3) is 0.455. The van der Waals surface area contributed by atoms with E-state index < -0.39 is 6.10 Å². The number of amides is 1. The van der Waals surface area contributed by atoms with E-state index in [0.29, 0.717) is 16.6 Å². The van der Waals surface area contributed by atoms with Crippen molar-refractivity contribution in [2.24, 2.45) is 0 Å². The lowest BCUT2D eigenvalue weighted by Crippen LogP contribution is -2.32. The summed E-state index contributed by atoms with van der Waals surface area (Å²) in [6, 6.07) is 3.50. The summed E-state index contributed by atoms with van der Waals surface area (Å²) < 4.78 is 0.650. The van der Waals surface area contributed by atoms with Crippen LogP contribution in [0.5, 0.6) is 0 Å². The number of carbonyl (C=O) groups is 1. The van der Waals surface area contributed by atoms with Gasteiger partial charge in [-0.1, -0.05) is 13.3 Å². The quantitative estimate of drug-likeness (QED) is 0.867. The van der Waals surface area contributed by atoms with Crippen molar-refractivity contribution in [2.45, 2.75) is 25.9 Å². The van der Waals surface area contributed by atoms with Gasteiger partial charge in [0.2, 0.25) is 0 Å². The molecule has 0 fully saturated rings. The molecule has 1 aromatic heterocycles. The zero-order valence-corrected chi connectivity index (χ0v) is 10.7. The molecule has 0 bridgehead atoms. The molecule has 5 heteroatoms. The topological polar surface area (TPSA) is 62.2 Å². The van der Waals surface area contributed by atoms with Crippen molar-refractivity contribution in [1.29, 1.82) is 0 Å². The molecule has 1 unspecified atom stereocenters. The first-order chi connectivity index (χ1) is 7.65. The molecular weight excluding hydrogens is 272 g/mol. The molecule has 88 valence electrons. The molecule has 1 atom stereocenters. The molecule has 0 aliphatic carbocycles. The van der Waals surface area contributed by atoms with Gasteiger partial charge in [0.15, 0.2) is 0 Å². The second-order valence-electron chi connectivity index (χ2n) is 3.49. The number of pyridine rings is 1. The van der Waals surface area contributed by atoms with E-state index in [9.17, 15) is 9.90 Å². The maximum Gasteiger partial charge on any atom is 0.271 e. The number of nitrogens with one attached hydrogen (secondary N) is 1. The number of hydrogen-bond donors (Lipinski definition) is 2. The summed E-state index contributed by atoms with van der Waals surface area (Å²) in [6.45, 7) is 2.25. The van der Waals surface area contributed by atoms with E-state index in [0.717, 1.165) is 6.42 Å². The maximum atomic E-state index is 11.7. The number of aliphatic hydroxyl groups excluding tert-OH is 1. The summed E-state index contributed by atoms with van der Waals surface area (Å²) in [7, 11) is 0. The van der Waals surface area contributed by atoms with Gasteiger partial charge >= 0.3 is 0 Å². The van der Waals surface area contributed by atoms with Crippen LogP contribution in [-0.2, 0) is 0 Å². The molecule has 0 radical (unpaired) electrons. The molecule has 2 N–H and O–H groups in total. The Bertz CT molecular complexity index is 358. The monoisotopic (exact) mass is 286 g/mol. The van der Waals surface area contributed by atoms with Gasteiger partial charge in [0, 0.05) is 17.2 Å². The van der Waals surface area contributed by atoms with Gasteiger partial charge in [-0.2, -0.15) is 0 Å². The third-order valence-corrected chi connectivity index (χ3v) is 2.73. The van der Waals surface area contributed by atoms with Crippen LogP contribution in [0.1, 0.15) is 30.3 Å². The average molecular weight is 287 g/mol. The van der Waals surface area contributed by atoms with Crippen LogP contribution in [0, 0.1) is 0 Å². The van der Waals surface area contributed by atoms with Gasteiger partial charge in [-0.05, 0) is 34.5 Å². The van der Waals surface area contributed by atoms with E-state index in [1.165, 1.54) is 0 Å². The molecule has 0 aliphatic rings. The number of rotatable bonds is 5. The number of aromatic nitrogens is 1. The van der Waals surface area contributed by atoms with Gasteiger partial charge in [0.05, 0.1) is 6.10 Å². The van der Waals surface area contributed by atoms with Gasteiger partial charge in [0.25, 0.3) is 5.91 Å². The first kappa shape index (κ1) is 13.1. The predicted molar refractivity (Wildman–Crippen MR) is 65.2 cm³/mol. The Morgan fingerprint density at radius 1 is 1.69 bits per heavy atom. The van der Waals surface area contributed by atoms with E-state index in [1.54, 1.807) is 18.3 Å². The summed E-state index contributed by atoms with van der Waals surface area (Å²) in [4.78, 5) is 15.6. The van der Waals surface area contributed by atoms with Gasteiger partial charge in [-0.15, -0.1) is 0 Å². The molecule has 0 saturated carbocycles. The zero-order chi connectivity index (χ0) is 12.0. The number of carbonyl (C=O) groups excluding carboxylic acids is 1. The highest BCUT2D eigenvalue weighted by molar-refractivity contribution is 9.10. The van der Waals surface area contributed by atoms with Crippen molar-refractivity contribution in [3.05, 3.63) is 28.5 Å². The summed E-state index contributed by atoms with van der Waals surface area (Å²) in [6.07, 6.45) is 2.65. The van der Waals surface area contributed by atoms with E-state index >= 15 is 0 Å². The fourth-order valence-corrected chi connectivity index (χ4v) is 1.72. The maximum absolute atomic E-state index is 11.7. The average Bonchev–Trinajstić information content (AvgIpc) is 2.27. The van der Waals surface area contributed by atoms with Gasteiger partial charge < -0.3 is 10.4 Å². The molecule has 0 aliphatic heterocycles. The van der Waals surface area contributed by atoms with Gasteiger partial charge in [-0.25, -0.2) is 4.98 Å². The van der Waals surface area contributed by atoms with E-state index in [4.69, 9.17) is 0 Å². The highest BCUT2D eigenvalue weighted by Gasteiger charge is 2.12. The van der Waals surface area contributed by atoms with Gasteiger partial charge in [-0.3, -0.25) is 4.79 Å². The van der Waals surface area contributed by atoms with Crippen LogP contribution in [0.2, 0.25) is 0 Å². The molecule has 1 aromatic rings. The summed E-state index contributed by atoms with van der Waals surface area (Å²) in [5.74, 6) is -0.275. The van der Waals surface area contributed by atoms with Crippen LogP contribution in [0.25, 0.3) is 0 Å². The standard InChI is InChI=1S/C11H15BrN2O2/c1-2-4-8(15)7-14-11(16)10-9(12)5-3-6-13-10/h3,5-6,8,15H,2,4,7H2,1H3,(H,14,16). The van der Waals surface area contributed by atoms with E-state index in [1.807, 2.05) is 6.92 Å². The smallest absolute Gasteiger partial charge is 0.271 e. The Hall–Kier alpha value is -0.940. The highest BCUT2D eigenvalue weighted by Crippen LogP contribution is 2.12. The first-order valence-corrected chi connectivity index (χ1v) is 6.01. The second kappa shape index (κ2) is 6.60. The van der Waals surface area contributed by atoms with E-state index in [-0.39, 0.29) is 12.5 Å². The number of aliphatic hydroxyl groups is 1. The lowest BCUT2D eigenvalue weighted by Gasteiger charge is -2.10. The van der Waals surface area contributed by atoms with Crippen LogP contribution >= 0.6 is 15.9 Å². The fourth-order valence-electron chi connectivity index (χ4n) is 1.28. The second-order valence-corrected chi connectivity index (χ2v) is 4.34. The summed E-state index contributed by atoms with van der Waals surface area (Å²) >= 11 is 3.25. The van der Waals surface area contributed by atoms with Crippen molar-refractivity contribution in [3.8, 4) is 0 Å². The molecule has 4 nitrogen and oxygen atoms in total. The Morgan fingerprint density at radius 2 is 2.44 bits per heavy atom. The Kier molecular flexibility index (Phi) is 5.42. The minimum absolute atomic E-state index is 0.260. The lowest BCUT2D eigenvalue weighted by atomic mass is 10.2. The van der Waals surface area contributed by atoms with Crippen molar-refractivity contribution < 1.29 is 9.90 Å². The minimum Gasteiger partial charge on any atom is -0.391 e. The minimum atomic E-state index is -0.489. The largest absolute Gasteiger partial charge is 0.391 e. The molecule has 1 rings (SSSR count). The molecule has 0 spiro atoms. The highest BCUT2D eigenvalue weighted by atomic mass is 79.9. The number of halogens is 1. The van der Waals surface area contributed by atoms with Crippen LogP contribution in [0.4, 0.5) is 0 Å². The molecule has 0 saturated heterocycles. The van der Waals surface area contributed by atoms with E-state index in [2.05, 4.69) is 26.2 Å². The summed E-state index contributed by atoms with van der Waals surface area (Å²) in [5, 5.41) is 12.1. The molecule has 1 amide bonds. The van der Waals surface area contributed by atoms with Crippen molar-refractivity contribution in [1.82, 2.24) is 10.3 Å². The predicted octanol–water partition coefficient (Wildman–Crippen LogP) is 1.73. The van der Waals surface area contributed by atoms with Crippen molar-refractivity contribution in [3.63, 3.8) is 0 Å². The third kappa shape index (κ3) is 3.90. The zero-order valence-electron chi connectivity index (χ0n) is 9.11. The molecule has 1 heterocycles. The SMILES string of the molecule is CCCC(O)CNC(=O)c1ncccc1Br. The number of hydrogen-bond acceptors (Lipinski definition) is 3. The normalized spacial score (nSPS) is 12.2. The number of nitrogens with zero attached hydrogens (tertiary/aromatic N) is 1. The van der Waals surface area contributed by atoms with Crippen LogP contribution < -0.4 is 5.32 Å².